The summed E-state index contributed by atoms with van der Waals surface area (Å²) in [5.41, 5.74) is 0.683. The van der Waals surface area contributed by atoms with E-state index in [4.69, 9.17) is 5.11 Å². The molecule has 0 heterocycles. The second kappa shape index (κ2) is 4.98. The predicted molar refractivity (Wildman–Crippen MR) is 76.3 cm³/mol. The topological polar surface area (TPSA) is 37.3 Å². The van der Waals surface area contributed by atoms with E-state index in [2.05, 4.69) is 0 Å². The van der Waals surface area contributed by atoms with E-state index < -0.39 is 17.6 Å². The molecule has 0 unspecified atom stereocenters. The van der Waals surface area contributed by atoms with Crippen LogP contribution >= 0.6 is 0 Å². The van der Waals surface area contributed by atoms with E-state index in [1.54, 1.807) is 24.3 Å². The van der Waals surface area contributed by atoms with E-state index in [1.807, 2.05) is 0 Å². The number of carbonyl (C=O) groups is 1. The van der Waals surface area contributed by atoms with Gasteiger partial charge in [0.1, 0.15) is 11.6 Å². The predicted octanol–water partition coefficient (Wildman–Crippen LogP) is 4.48. The summed E-state index contributed by atoms with van der Waals surface area (Å²) < 4.78 is 27.3. The van der Waals surface area contributed by atoms with Crippen LogP contribution in [0.5, 0.6) is 0 Å². The Kier molecular flexibility index (Phi) is 3.14. The Morgan fingerprint density at radius 1 is 0.905 bits per heavy atom. The maximum atomic E-state index is 14.0. The van der Waals surface area contributed by atoms with Gasteiger partial charge in [0, 0.05) is 5.56 Å². The Balaban J connectivity index is 2.34. The smallest absolute Gasteiger partial charge is 0.335 e. The summed E-state index contributed by atoms with van der Waals surface area (Å²) in [5, 5.41) is 10.4. The lowest BCUT2D eigenvalue weighted by atomic mass is 9.96. The van der Waals surface area contributed by atoms with Crippen molar-refractivity contribution in [3.8, 4) is 11.1 Å². The van der Waals surface area contributed by atoms with E-state index in [0.717, 1.165) is 23.6 Å². The zero-order chi connectivity index (χ0) is 15.0. The highest BCUT2D eigenvalue weighted by Gasteiger charge is 2.12. The monoisotopic (exact) mass is 284 g/mol. The van der Waals surface area contributed by atoms with Gasteiger partial charge in [-0.15, -0.1) is 0 Å². The van der Waals surface area contributed by atoms with Crippen molar-refractivity contribution < 1.29 is 18.7 Å². The van der Waals surface area contributed by atoms with Crippen molar-refractivity contribution in [2.45, 2.75) is 0 Å². The van der Waals surface area contributed by atoms with Crippen LogP contribution in [0.3, 0.4) is 0 Å². The average Bonchev–Trinajstić information content (AvgIpc) is 2.48. The molecule has 0 spiro atoms. The number of benzene rings is 3. The Morgan fingerprint density at radius 3 is 2.48 bits per heavy atom. The number of carboxylic acid groups (broad SMARTS) is 1. The van der Waals surface area contributed by atoms with Gasteiger partial charge >= 0.3 is 5.97 Å². The van der Waals surface area contributed by atoms with Crippen molar-refractivity contribution in [3.05, 3.63) is 71.8 Å². The van der Waals surface area contributed by atoms with Gasteiger partial charge in [-0.2, -0.15) is 0 Å². The third-order valence-corrected chi connectivity index (χ3v) is 3.35. The van der Waals surface area contributed by atoms with Gasteiger partial charge in [-0.3, -0.25) is 0 Å². The molecular weight excluding hydrogens is 274 g/mol. The average molecular weight is 284 g/mol. The largest absolute Gasteiger partial charge is 0.478 e. The molecule has 0 aliphatic rings. The van der Waals surface area contributed by atoms with Crippen molar-refractivity contribution in [2.24, 2.45) is 0 Å². The SMILES string of the molecule is O=C(O)c1ccc2cccc(-c3cc(F)ccc3F)c2c1. The fourth-order valence-electron chi connectivity index (χ4n) is 2.34. The van der Waals surface area contributed by atoms with Crippen molar-refractivity contribution in [1.29, 1.82) is 0 Å². The highest BCUT2D eigenvalue weighted by Crippen LogP contribution is 2.31. The van der Waals surface area contributed by atoms with Crippen LogP contribution < -0.4 is 0 Å². The van der Waals surface area contributed by atoms with Gasteiger partial charge < -0.3 is 5.11 Å². The fourth-order valence-corrected chi connectivity index (χ4v) is 2.34. The second-order valence-electron chi connectivity index (χ2n) is 4.67. The molecule has 3 rings (SSSR count). The van der Waals surface area contributed by atoms with Crippen LogP contribution in [0.2, 0.25) is 0 Å². The Hall–Kier alpha value is -2.75. The van der Waals surface area contributed by atoms with E-state index >= 15 is 0 Å². The van der Waals surface area contributed by atoms with Crippen LogP contribution in [0.4, 0.5) is 8.78 Å². The molecule has 0 aromatic heterocycles. The summed E-state index contributed by atoms with van der Waals surface area (Å²) in [7, 11) is 0. The lowest BCUT2D eigenvalue weighted by Crippen LogP contribution is -1.96. The number of halogens is 2. The third kappa shape index (κ3) is 2.36. The molecule has 0 radical (unpaired) electrons. The molecule has 0 saturated carbocycles. The molecule has 0 bridgehead atoms. The summed E-state index contributed by atoms with van der Waals surface area (Å²) in [5.74, 6) is -2.16. The summed E-state index contributed by atoms with van der Waals surface area (Å²) in [4.78, 5) is 11.1. The van der Waals surface area contributed by atoms with Crippen LogP contribution in [0.25, 0.3) is 21.9 Å². The maximum absolute atomic E-state index is 14.0. The molecule has 0 atom stereocenters. The normalized spacial score (nSPS) is 10.8. The van der Waals surface area contributed by atoms with Crippen LogP contribution in [0.15, 0.2) is 54.6 Å². The molecule has 2 nitrogen and oxygen atoms in total. The second-order valence-corrected chi connectivity index (χ2v) is 4.67. The Morgan fingerprint density at radius 2 is 1.71 bits per heavy atom. The molecule has 0 aliphatic heterocycles. The number of rotatable bonds is 2. The molecule has 0 saturated heterocycles. The van der Waals surface area contributed by atoms with Crippen molar-refractivity contribution in [3.63, 3.8) is 0 Å². The van der Waals surface area contributed by atoms with Crippen LogP contribution in [-0.4, -0.2) is 11.1 Å². The van der Waals surface area contributed by atoms with Crippen molar-refractivity contribution in [1.82, 2.24) is 0 Å². The van der Waals surface area contributed by atoms with E-state index in [9.17, 15) is 13.6 Å². The molecule has 0 fully saturated rings. The number of fused-ring (bicyclic) bond motifs is 1. The van der Waals surface area contributed by atoms with Gasteiger partial charge in [-0.25, -0.2) is 13.6 Å². The van der Waals surface area contributed by atoms with Gasteiger partial charge in [0.25, 0.3) is 0 Å². The molecule has 3 aromatic rings. The van der Waals surface area contributed by atoms with Crippen molar-refractivity contribution in [2.75, 3.05) is 0 Å². The van der Waals surface area contributed by atoms with E-state index in [-0.39, 0.29) is 11.1 Å². The summed E-state index contributed by atoms with van der Waals surface area (Å²) >= 11 is 0. The summed E-state index contributed by atoms with van der Waals surface area (Å²) in [6.45, 7) is 0. The van der Waals surface area contributed by atoms with Gasteiger partial charge in [0.05, 0.1) is 5.56 Å². The molecule has 1 N–H and O–H groups in total. The highest BCUT2D eigenvalue weighted by atomic mass is 19.1. The number of carboxylic acids is 1. The van der Waals surface area contributed by atoms with E-state index in [0.29, 0.717) is 10.9 Å². The first-order valence-corrected chi connectivity index (χ1v) is 6.28. The minimum Gasteiger partial charge on any atom is -0.478 e. The standard InChI is InChI=1S/C17H10F2O2/c18-12-6-7-16(19)15(9-12)13-3-1-2-10-4-5-11(17(20)21)8-14(10)13/h1-9H,(H,20,21). The fraction of sp³-hybridized carbons (Fsp3) is 0. The van der Waals surface area contributed by atoms with Crippen LogP contribution in [-0.2, 0) is 0 Å². The highest BCUT2D eigenvalue weighted by molar-refractivity contribution is 6.01. The molecular formula is C17H10F2O2. The first kappa shape index (κ1) is 13.2. The third-order valence-electron chi connectivity index (χ3n) is 3.35. The molecule has 4 heteroatoms. The first-order valence-electron chi connectivity index (χ1n) is 6.28. The molecule has 0 amide bonds. The van der Waals surface area contributed by atoms with Crippen LogP contribution in [0, 0.1) is 11.6 Å². The molecule has 0 aliphatic carbocycles. The number of hydrogen-bond donors (Lipinski definition) is 1. The summed E-state index contributed by atoms with van der Waals surface area (Å²) in [6, 6.07) is 13.0. The zero-order valence-electron chi connectivity index (χ0n) is 10.8. The lowest BCUT2D eigenvalue weighted by molar-refractivity contribution is 0.0697. The minimum absolute atomic E-state index is 0.103. The summed E-state index contributed by atoms with van der Waals surface area (Å²) in [6.07, 6.45) is 0. The quantitative estimate of drug-likeness (QED) is 0.753. The maximum Gasteiger partial charge on any atom is 0.335 e. The van der Waals surface area contributed by atoms with Crippen molar-refractivity contribution >= 4 is 16.7 Å². The Bertz CT molecular complexity index is 857. The van der Waals surface area contributed by atoms with Gasteiger partial charge in [-0.1, -0.05) is 24.3 Å². The van der Waals surface area contributed by atoms with Gasteiger partial charge in [0.2, 0.25) is 0 Å². The number of hydrogen-bond acceptors (Lipinski definition) is 1. The molecule has 104 valence electrons. The minimum atomic E-state index is -1.06. The number of aromatic carboxylic acids is 1. The zero-order valence-corrected chi connectivity index (χ0v) is 10.8. The molecule has 21 heavy (non-hydrogen) atoms. The van der Waals surface area contributed by atoms with Gasteiger partial charge in [-0.05, 0) is 46.7 Å². The van der Waals surface area contributed by atoms with Gasteiger partial charge in [0.15, 0.2) is 0 Å². The first-order chi connectivity index (χ1) is 10.1. The molecule has 3 aromatic carbocycles. The lowest BCUT2D eigenvalue weighted by Gasteiger charge is -2.09. The van der Waals surface area contributed by atoms with E-state index in [1.165, 1.54) is 12.1 Å². The van der Waals surface area contributed by atoms with Crippen LogP contribution in [0.1, 0.15) is 10.4 Å². The Labute approximate surface area is 119 Å².